The number of benzene rings is 2. The molecule has 3 aromatic rings. The average molecular weight is 324 g/mol. The zero-order chi connectivity index (χ0) is 16.6. The largest absolute Gasteiger partial charge is 0.284 e. The van der Waals surface area contributed by atoms with Crippen LogP contribution in [0.3, 0.4) is 0 Å². The Kier molecular flexibility index (Phi) is 4.18. The third-order valence-electron chi connectivity index (χ3n) is 4.24. The maximum atomic E-state index is 13.0. The number of fused-ring (bicyclic) bond motifs is 1. The fourth-order valence-corrected chi connectivity index (χ4v) is 3.79. The van der Waals surface area contributed by atoms with Gasteiger partial charge in [-0.3, -0.25) is 9.69 Å². The number of para-hydroxylation sites is 1. The van der Waals surface area contributed by atoms with Gasteiger partial charge in [0.2, 0.25) is 0 Å². The normalized spacial score (nSPS) is 11.0. The summed E-state index contributed by atoms with van der Waals surface area (Å²) in [5, 5.41) is 0.766. The van der Waals surface area contributed by atoms with E-state index in [2.05, 4.69) is 19.1 Å². The van der Waals surface area contributed by atoms with Crippen molar-refractivity contribution in [2.24, 2.45) is 0 Å². The molecule has 0 aliphatic rings. The van der Waals surface area contributed by atoms with Gasteiger partial charge in [0.15, 0.2) is 5.13 Å². The molecule has 0 saturated heterocycles. The van der Waals surface area contributed by atoms with E-state index in [4.69, 9.17) is 4.98 Å². The minimum Gasteiger partial charge on any atom is -0.284 e. The smallest absolute Gasteiger partial charge is 0.260 e. The van der Waals surface area contributed by atoms with Gasteiger partial charge in [-0.2, -0.15) is 0 Å². The van der Waals surface area contributed by atoms with Crippen molar-refractivity contribution in [3.63, 3.8) is 0 Å². The summed E-state index contributed by atoms with van der Waals surface area (Å²) in [5.74, 6) is 0.0189. The highest BCUT2D eigenvalue weighted by Crippen LogP contribution is 2.31. The molecule has 0 unspecified atom stereocenters. The number of carbonyl (C=O) groups is 1. The Labute approximate surface area is 140 Å². The predicted octanol–water partition coefficient (Wildman–Crippen LogP) is 4.89. The molecule has 118 valence electrons. The lowest BCUT2D eigenvalue weighted by atomic mass is 10.0. The number of anilines is 1. The summed E-state index contributed by atoms with van der Waals surface area (Å²) >= 11 is 1.57. The Balaban J connectivity index is 2.06. The van der Waals surface area contributed by atoms with Crippen LogP contribution in [0.4, 0.5) is 5.13 Å². The van der Waals surface area contributed by atoms with E-state index in [0.717, 1.165) is 37.6 Å². The van der Waals surface area contributed by atoms with Crippen molar-refractivity contribution in [1.29, 1.82) is 0 Å². The fraction of sp³-hybridized carbons (Fsp3) is 0.263. The van der Waals surface area contributed by atoms with E-state index in [1.165, 1.54) is 0 Å². The number of carbonyl (C=O) groups excluding carboxylic acids is 1. The minimum absolute atomic E-state index is 0.0189. The number of aryl methyl sites for hydroxylation is 2. The summed E-state index contributed by atoms with van der Waals surface area (Å²) in [6.45, 7) is 8.67. The lowest BCUT2D eigenvalue weighted by molar-refractivity contribution is 0.0987. The minimum atomic E-state index is 0.0189. The quantitative estimate of drug-likeness (QED) is 0.687. The lowest BCUT2D eigenvalue weighted by Gasteiger charge is -2.19. The summed E-state index contributed by atoms with van der Waals surface area (Å²) in [6.07, 6.45) is 0. The van der Waals surface area contributed by atoms with Gasteiger partial charge < -0.3 is 0 Å². The van der Waals surface area contributed by atoms with Crippen molar-refractivity contribution in [2.75, 3.05) is 11.4 Å². The van der Waals surface area contributed by atoms with Crippen LogP contribution in [0.1, 0.15) is 34.0 Å². The lowest BCUT2D eigenvalue weighted by Crippen LogP contribution is -2.31. The molecule has 1 aromatic heterocycles. The number of hydrogen-bond donors (Lipinski definition) is 0. The summed E-state index contributed by atoms with van der Waals surface area (Å²) in [4.78, 5) is 19.5. The van der Waals surface area contributed by atoms with Gasteiger partial charge in [0.05, 0.1) is 10.2 Å². The molecule has 0 radical (unpaired) electrons. The summed E-state index contributed by atoms with van der Waals surface area (Å²) in [6, 6.07) is 12.0. The first-order chi connectivity index (χ1) is 11.0. The molecule has 4 heteroatoms. The number of aromatic nitrogens is 1. The first-order valence-electron chi connectivity index (χ1n) is 7.77. The van der Waals surface area contributed by atoms with Gasteiger partial charge in [0.25, 0.3) is 5.91 Å². The topological polar surface area (TPSA) is 33.2 Å². The van der Waals surface area contributed by atoms with Crippen LogP contribution in [-0.4, -0.2) is 17.4 Å². The number of rotatable bonds is 3. The van der Waals surface area contributed by atoms with Gasteiger partial charge in [-0.25, -0.2) is 4.98 Å². The van der Waals surface area contributed by atoms with Crippen molar-refractivity contribution in [3.05, 3.63) is 58.7 Å². The van der Waals surface area contributed by atoms with E-state index in [1.54, 1.807) is 16.2 Å². The maximum Gasteiger partial charge on any atom is 0.260 e. The molecular weight excluding hydrogens is 304 g/mol. The van der Waals surface area contributed by atoms with Crippen molar-refractivity contribution >= 4 is 32.6 Å². The molecular formula is C19H20N2OS. The van der Waals surface area contributed by atoms with Crippen LogP contribution in [-0.2, 0) is 0 Å². The molecule has 1 amide bonds. The van der Waals surface area contributed by atoms with Gasteiger partial charge in [-0.05, 0) is 56.5 Å². The molecule has 0 N–H and O–H groups in total. The van der Waals surface area contributed by atoms with E-state index in [1.807, 2.05) is 45.0 Å². The molecule has 0 bridgehead atoms. The Morgan fingerprint density at radius 2 is 1.78 bits per heavy atom. The first kappa shape index (κ1) is 15.7. The highest BCUT2D eigenvalue weighted by atomic mass is 32.1. The molecule has 1 heterocycles. The summed E-state index contributed by atoms with van der Waals surface area (Å²) in [5.41, 5.74) is 5.04. The molecule has 0 aliphatic heterocycles. The Morgan fingerprint density at radius 3 is 2.48 bits per heavy atom. The molecule has 2 aromatic carbocycles. The second-order valence-corrected chi connectivity index (χ2v) is 6.72. The van der Waals surface area contributed by atoms with E-state index in [9.17, 15) is 4.79 Å². The number of amides is 1. The van der Waals surface area contributed by atoms with Gasteiger partial charge in [-0.1, -0.05) is 35.6 Å². The zero-order valence-corrected chi connectivity index (χ0v) is 14.7. The number of nitrogens with zero attached hydrogens (tertiary/aromatic N) is 2. The molecule has 0 fully saturated rings. The number of hydrogen-bond acceptors (Lipinski definition) is 3. The first-order valence-corrected chi connectivity index (χ1v) is 8.58. The Hall–Kier alpha value is -2.20. The van der Waals surface area contributed by atoms with E-state index in [-0.39, 0.29) is 5.91 Å². The van der Waals surface area contributed by atoms with Crippen LogP contribution in [0, 0.1) is 20.8 Å². The van der Waals surface area contributed by atoms with Crippen LogP contribution in [0.2, 0.25) is 0 Å². The van der Waals surface area contributed by atoms with E-state index < -0.39 is 0 Å². The van der Waals surface area contributed by atoms with Crippen LogP contribution in [0.15, 0.2) is 36.4 Å². The third-order valence-corrected chi connectivity index (χ3v) is 5.28. The summed E-state index contributed by atoms with van der Waals surface area (Å²) < 4.78 is 1.12. The highest BCUT2D eigenvalue weighted by molar-refractivity contribution is 7.22. The molecule has 0 saturated carbocycles. The van der Waals surface area contributed by atoms with Crippen LogP contribution < -0.4 is 4.90 Å². The third kappa shape index (κ3) is 2.75. The molecule has 0 spiro atoms. The predicted molar refractivity (Wildman–Crippen MR) is 97.6 cm³/mol. The molecule has 0 atom stereocenters. The van der Waals surface area contributed by atoms with Crippen molar-refractivity contribution in [3.8, 4) is 0 Å². The second-order valence-electron chi connectivity index (χ2n) is 5.71. The van der Waals surface area contributed by atoms with Gasteiger partial charge in [0, 0.05) is 12.1 Å². The Morgan fingerprint density at radius 1 is 1.09 bits per heavy atom. The molecule has 3 nitrogen and oxygen atoms in total. The maximum absolute atomic E-state index is 13.0. The van der Waals surface area contributed by atoms with Gasteiger partial charge in [0.1, 0.15) is 0 Å². The van der Waals surface area contributed by atoms with Crippen molar-refractivity contribution in [1.82, 2.24) is 4.98 Å². The average Bonchev–Trinajstić information content (AvgIpc) is 2.96. The zero-order valence-electron chi connectivity index (χ0n) is 13.9. The fourth-order valence-electron chi connectivity index (χ4n) is 2.68. The Bertz CT molecular complexity index is 882. The van der Waals surface area contributed by atoms with E-state index >= 15 is 0 Å². The molecule has 23 heavy (non-hydrogen) atoms. The summed E-state index contributed by atoms with van der Waals surface area (Å²) in [7, 11) is 0. The number of thiazole rings is 1. The standard InChI is InChI=1S/C19H20N2OS/c1-5-21(18(22)15-10-6-8-12(2)14(15)4)19-20-17-13(3)9-7-11-16(17)23-19/h6-11H,5H2,1-4H3. The van der Waals surface area contributed by atoms with Gasteiger partial charge >= 0.3 is 0 Å². The molecule has 0 aliphatic carbocycles. The molecule has 3 rings (SSSR count). The van der Waals surface area contributed by atoms with Gasteiger partial charge in [-0.15, -0.1) is 0 Å². The monoisotopic (exact) mass is 324 g/mol. The van der Waals surface area contributed by atoms with Crippen molar-refractivity contribution in [2.45, 2.75) is 27.7 Å². The van der Waals surface area contributed by atoms with E-state index in [0.29, 0.717) is 6.54 Å². The SMILES string of the molecule is CCN(C(=O)c1cccc(C)c1C)c1nc2c(C)cccc2s1. The highest BCUT2D eigenvalue weighted by Gasteiger charge is 2.21. The van der Waals surface area contributed by atoms with Crippen molar-refractivity contribution < 1.29 is 4.79 Å². The second kappa shape index (κ2) is 6.13. The van der Waals surface area contributed by atoms with Crippen LogP contribution in [0.5, 0.6) is 0 Å². The van der Waals surface area contributed by atoms with Crippen LogP contribution in [0.25, 0.3) is 10.2 Å². The van der Waals surface area contributed by atoms with Crippen LogP contribution >= 0.6 is 11.3 Å².